The number of nitrogens with one attached hydrogen (secondary N) is 1. The number of hydrogen-bond acceptors (Lipinski definition) is 6. The Morgan fingerprint density at radius 3 is 2.44 bits per heavy atom. The molecule has 2 aromatic carbocycles. The normalized spacial score (nSPS) is 15.8. The summed E-state index contributed by atoms with van der Waals surface area (Å²) in [6.07, 6.45) is 7.04. The number of sulfonamides is 1. The molecule has 1 N–H and O–H groups in total. The van der Waals surface area contributed by atoms with E-state index >= 15 is 0 Å². The largest absolute Gasteiger partial charge is 0.454 e. The standard InChI is InChI=1S/C29H37Cl2N3O6S/c1-3-25(29(36)32-21-8-5-4-6-9-21)33(18-20-11-13-23(30)24(31)16-20)28(35)10-7-15-34(41(2,37)38)22-12-14-26-27(17-22)40-19-39-26/h11-14,16-17,21,25H,3-10,15,18-19H2,1-2H3,(H,32,36). The van der Waals surface area contributed by atoms with Gasteiger partial charge in [-0.15, -0.1) is 0 Å². The number of carbonyl (C=O) groups excluding carboxylic acids is 2. The Balaban J connectivity index is 1.49. The summed E-state index contributed by atoms with van der Waals surface area (Å²) < 4.78 is 37.3. The Kier molecular flexibility index (Phi) is 10.7. The van der Waals surface area contributed by atoms with E-state index in [1.807, 2.05) is 6.92 Å². The molecule has 0 bridgehead atoms. The van der Waals surface area contributed by atoms with E-state index in [1.54, 1.807) is 41.3 Å². The van der Waals surface area contributed by atoms with E-state index in [4.69, 9.17) is 32.7 Å². The number of hydrogen-bond donors (Lipinski definition) is 1. The molecule has 2 amide bonds. The average molecular weight is 627 g/mol. The first-order valence-electron chi connectivity index (χ1n) is 14.0. The van der Waals surface area contributed by atoms with Crippen molar-refractivity contribution in [2.45, 2.75) is 76.9 Å². The molecule has 12 heteroatoms. The number of anilines is 1. The van der Waals surface area contributed by atoms with Crippen molar-refractivity contribution in [1.29, 1.82) is 0 Å². The monoisotopic (exact) mass is 625 g/mol. The summed E-state index contributed by atoms with van der Waals surface area (Å²) in [6.45, 7) is 2.21. The molecule has 1 heterocycles. The first-order valence-corrected chi connectivity index (χ1v) is 16.6. The molecular formula is C29H37Cl2N3O6S. The van der Waals surface area contributed by atoms with Crippen LogP contribution in [0.3, 0.4) is 0 Å². The second kappa shape index (κ2) is 14.0. The molecule has 1 fully saturated rings. The van der Waals surface area contributed by atoms with Gasteiger partial charge in [0.2, 0.25) is 28.6 Å². The van der Waals surface area contributed by atoms with Crippen molar-refractivity contribution in [3.63, 3.8) is 0 Å². The highest BCUT2D eigenvalue weighted by molar-refractivity contribution is 7.92. The predicted octanol–water partition coefficient (Wildman–Crippen LogP) is 5.52. The van der Waals surface area contributed by atoms with E-state index in [0.29, 0.717) is 33.7 Å². The lowest BCUT2D eigenvalue weighted by Gasteiger charge is -2.33. The Hall–Kier alpha value is -2.69. The maximum atomic E-state index is 13.7. The molecule has 1 atom stereocenters. The predicted molar refractivity (Wildman–Crippen MR) is 160 cm³/mol. The highest BCUT2D eigenvalue weighted by atomic mass is 35.5. The lowest BCUT2D eigenvalue weighted by molar-refractivity contribution is -0.141. The second-order valence-electron chi connectivity index (χ2n) is 10.5. The van der Waals surface area contributed by atoms with Crippen LogP contribution in [0.5, 0.6) is 11.5 Å². The van der Waals surface area contributed by atoms with E-state index in [1.165, 1.54) is 10.7 Å². The van der Waals surface area contributed by atoms with Gasteiger partial charge in [-0.05, 0) is 55.5 Å². The number of fused-ring (bicyclic) bond motifs is 1. The molecule has 9 nitrogen and oxygen atoms in total. The fourth-order valence-corrected chi connectivity index (χ4v) is 6.62. The zero-order valence-corrected chi connectivity index (χ0v) is 25.7. The Morgan fingerprint density at radius 2 is 1.76 bits per heavy atom. The average Bonchev–Trinajstić information content (AvgIpc) is 3.40. The van der Waals surface area contributed by atoms with Crippen molar-refractivity contribution in [2.24, 2.45) is 0 Å². The van der Waals surface area contributed by atoms with E-state index in [-0.39, 0.29) is 50.6 Å². The maximum Gasteiger partial charge on any atom is 0.243 e. The molecule has 2 aromatic rings. The molecule has 0 aromatic heterocycles. The minimum atomic E-state index is -3.64. The van der Waals surface area contributed by atoms with Gasteiger partial charge in [0.25, 0.3) is 0 Å². The van der Waals surface area contributed by atoms with E-state index < -0.39 is 16.1 Å². The smallest absolute Gasteiger partial charge is 0.243 e. The molecular weight excluding hydrogens is 589 g/mol. The fraction of sp³-hybridized carbons (Fsp3) is 0.517. The molecule has 0 radical (unpaired) electrons. The number of benzene rings is 2. The van der Waals surface area contributed by atoms with E-state index in [2.05, 4.69) is 5.32 Å². The van der Waals surface area contributed by atoms with E-state index in [9.17, 15) is 18.0 Å². The molecule has 224 valence electrons. The van der Waals surface area contributed by atoms with Crippen molar-refractivity contribution in [1.82, 2.24) is 10.2 Å². The Morgan fingerprint density at radius 1 is 1.02 bits per heavy atom. The van der Waals surface area contributed by atoms with Gasteiger partial charge in [-0.25, -0.2) is 8.42 Å². The molecule has 0 spiro atoms. The van der Waals surface area contributed by atoms with Gasteiger partial charge in [0, 0.05) is 31.6 Å². The van der Waals surface area contributed by atoms with Gasteiger partial charge in [0.1, 0.15) is 6.04 Å². The van der Waals surface area contributed by atoms with Crippen molar-refractivity contribution in [2.75, 3.05) is 23.9 Å². The van der Waals surface area contributed by atoms with Crippen LogP contribution in [-0.2, 0) is 26.2 Å². The summed E-state index contributed by atoms with van der Waals surface area (Å²) in [5.41, 5.74) is 1.17. The number of nitrogens with zero attached hydrogens (tertiary/aromatic N) is 2. The van der Waals surface area contributed by atoms with Crippen molar-refractivity contribution in [3.8, 4) is 11.5 Å². The minimum Gasteiger partial charge on any atom is -0.454 e. The Labute approximate surface area is 252 Å². The molecule has 1 unspecified atom stereocenters. The topological polar surface area (TPSA) is 105 Å². The number of rotatable bonds is 12. The van der Waals surface area contributed by atoms with Gasteiger partial charge in [-0.2, -0.15) is 0 Å². The van der Waals surface area contributed by atoms with Crippen LogP contribution in [0, 0.1) is 0 Å². The third-order valence-electron chi connectivity index (χ3n) is 7.47. The van der Waals surface area contributed by atoms with Gasteiger partial charge in [-0.1, -0.05) is 55.5 Å². The molecule has 0 saturated heterocycles. The van der Waals surface area contributed by atoms with Gasteiger partial charge >= 0.3 is 0 Å². The van der Waals surface area contributed by atoms with Crippen molar-refractivity contribution >= 4 is 50.7 Å². The SMILES string of the molecule is CCC(C(=O)NC1CCCCC1)N(Cc1ccc(Cl)c(Cl)c1)C(=O)CCCN(c1ccc2c(c1)OCO2)S(C)(=O)=O. The summed E-state index contributed by atoms with van der Waals surface area (Å²) in [5.74, 6) is 0.592. The molecule has 1 aliphatic carbocycles. The zero-order chi connectivity index (χ0) is 29.6. The highest BCUT2D eigenvalue weighted by Gasteiger charge is 2.31. The molecule has 2 aliphatic rings. The number of halogens is 2. The molecule has 1 saturated carbocycles. The van der Waals surface area contributed by atoms with Gasteiger partial charge in [-0.3, -0.25) is 13.9 Å². The summed E-state index contributed by atoms with van der Waals surface area (Å²) >= 11 is 12.3. The van der Waals surface area contributed by atoms with Crippen LogP contribution in [0.2, 0.25) is 10.0 Å². The third-order valence-corrected chi connectivity index (χ3v) is 9.40. The zero-order valence-electron chi connectivity index (χ0n) is 23.4. The van der Waals surface area contributed by atoms with E-state index in [0.717, 1.165) is 37.5 Å². The summed E-state index contributed by atoms with van der Waals surface area (Å²) in [5, 5.41) is 3.93. The third kappa shape index (κ3) is 8.20. The maximum absolute atomic E-state index is 13.7. The lowest BCUT2D eigenvalue weighted by atomic mass is 9.95. The quantitative estimate of drug-likeness (QED) is 0.333. The summed E-state index contributed by atoms with van der Waals surface area (Å²) in [7, 11) is -3.64. The second-order valence-corrected chi connectivity index (χ2v) is 13.2. The minimum absolute atomic E-state index is 0.0467. The van der Waals surface area contributed by atoms with Gasteiger partial charge in [0.15, 0.2) is 11.5 Å². The Bertz CT molecular complexity index is 1350. The van der Waals surface area contributed by atoms with Gasteiger partial charge in [0.05, 0.1) is 22.0 Å². The number of amides is 2. The van der Waals surface area contributed by atoms with Crippen LogP contribution in [0.1, 0.15) is 63.9 Å². The first kappa shape index (κ1) is 31.3. The molecule has 4 rings (SSSR count). The highest BCUT2D eigenvalue weighted by Crippen LogP contribution is 2.36. The number of carbonyl (C=O) groups is 2. The summed E-state index contributed by atoms with van der Waals surface area (Å²) in [6, 6.07) is 9.50. The fourth-order valence-electron chi connectivity index (χ4n) is 5.34. The van der Waals surface area contributed by atoms with Gasteiger partial charge < -0.3 is 19.7 Å². The van der Waals surface area contributed by atoms with Crippen LogP contribution in [0.15, 0.2) is 36.4 Å². The molecule has 1 aliphatic heterocycles. The van der Waals surface area contributed by atoms with Crippen LogP contribution >= 0.6 is 23.2 Å². The van der Waals surface area contributed by atoms with Crippen molar-refractivity contribution in [3.05, 3.63) is 52.0 Å². The van der Waals surface area contributed by atoms with Crippen LogP contribution < -0.4 is 19.1 Å². The first-order chi connectivity index (χ1) is 19.6. The number of ether oxygens (including phenoxy) is 2. The van der Waals surface area contributed by atoms with Crippen LogP contribution in [-0.4, -0.2) is 56.8 Å². The summed E-state index contributed by atoms with van der Waals surface area (Å²) in [4.78, 5) is 28.7. The van der Waals surface area contributed by atoms with Crippen molar-refractivity contribution < 1.29 is 27.5 Å². The van der Waals surface area contributed by atoms with Crippen LogP contribution in [0.25, 0.3) is 0 Å². The lowest BCUT2D eigenvalue weighted by Crippen LogP contribution is -2.51. The molecule has 41 heavy (non-hydrogen) atoms. The van der Waals surface area contributed by atoms with Crippen LogP contribution in [0.4, 0.5) is 5.69 Å².